The van der Waals surface area contributed by atoms with E-state index in [2.05, 4.69) is 5.32 Å². The first-order valence-corrected chi connectivity index (χ1v) is 9.09. The van der Waals surface area contributed by atoms with Gasteiger partial charge in [-0.05, 0) is 35.7 Å². The maximum atomic E-state index is 12.3. The molecule has 0 atom stereocenters. The second kappa shape index (κ2) is 8.52. The lowest BCUT2D eigenvalue weighted by molar-refractivity contribution is -0.120. The van der Waals surface area contributed by atoms with Gasteiger partial charge >= 0.3 is 5.97 Å². The fraction of sp³-hybridized carbons (Fsp3) is 0.182. The summed E-state index contributed by atoms with van der Waals surface area (Å²) in [5.41, 5.74) is 2.04. The number of imide groups is 1. The van der Waals surface area contributed by atoms with Gasteiger partial charge in [0.2, 0.25) is 0 Å². The summed E-state index contributed by atoms with van der Waals surface area (Å²) in [5, 5.41) is 2.74. The Labute approximate surface area is 168 Å². The van der Waals surface area contributed by atoms with E-state index in [4.69, 9.17) is 4.74 Å². The van der Waals surface area contributed by atoms with E-state index in [9.17, 15) is 19.2 Å². The topological polar surface area (TPSA) is 92.8 Å². The highest BCUT2D eigenvalue weighted by Gasteiger charge is 2.25. The summed E-state index contributed by atoms with van der Waals surface area (Å²) in [7, 11) is 0. The summed E-state index contributed by atoms with van der Waals surface area (Å²) in [6, 6.07) is 13.3. The zero-order valence-electron chi connectivity index (χ0n) is 16.0. The molecule has 2 aromatic carbocycles. The zero-order chi connectivity index (χ0) is 21.0. The number of esters is 1. The first-order chi connectivity index (χ1) is 13.9. The van der Waals surface area contributed by atoms with Gasteiger partial charge in [0.05, 0.1) is 11.3 Å². The van der Waals surface area contributed by atoms with E-state index in [0.29, 0.717) is 5.69 Å². The Morgan fingerprint density at radius 1 is 1.00 bits per heavy atom. The first kappa shape index (κ1) is 20.0. The number of amides is 3. The summed E-state index contributed by atoms with van der Waals surface area (Å²) in [6.45, 7) is 3.57. The summed E-state index contributed by atoms with van der Waals surface area (Å²) in [6.07, 6.45) is 2.32. The van der Waals surface area contributed by atoms with Crippen molar-refractivity contribution in [2.24, 2.45) is 0 Å². The summed E-state index contributed by atoms with van der Waals surface area (Å²) in [5.74, 6) is -1.93. The molecule has 7 nitrogen and oxygen atoms in total. The Morgan fingerprint density at radius 2 is 1.69 bits per heavy atom. The summed E-state index contributed by atoms with van der Waals surface area (Å²) < 4.78 is 5.08. The van der Waals surface area contributed by atoms with Crippen LogP contribution in [0.3, 0.4) is 0 Å². The molecule has 1 heterocycles. The van der Waals surface area contributed by atoms with E-state index in [1.807, 2.05) is 32.0 Å². The molecule has 3 rings (SSSR count). The van der Waals surface area contributed by atoms with Gasteiger partial charge in [0.15, 0.2) is 6.61 Å². The fourth-order valence-corrected chi connectivity index (χ4v) is 2.94. The molecule has 1 aliphatic rings. The number of rotatable bonds is 6. The van der Waals surface area contributed by atoms with Crippen molar-refractivity contribution in [3.05, 3.63) is 71.8 Å². The highest BCUT2D eigenvalue weighted by Crippen LogP contribution is 2.24. The van der Waals surface area contributed by atoms with Crippen LogP contribution in [0.2, 0.25) is 0 Å². The lowest BCUT2D eigenvalue weighted by Gasteiger charge is -2.15. The second-order valence-corrected chi connectivity index (χ2v) is 6.76. The lowest BCUT2D eigenvalue weighted by Crippen LogP contribution is -2.29. The van der Waals surface area contributed by atoms with E-state index in [-0.39, 0.29) is 17.2 Å². The number of nitrogens with one attached hydrogen (secondary N) is 1. The van der Waals surface area contributed by atoms with Crippen molar-refractivity contribution in [3.8, 4) is 0 Å². The van der Waals surface area contributed by atoms with Gasteiger partial charge in [-0.2, -0.15) is 0 Å². The van der Waals surface area contributed by atoms with E-state index in [1.165, 1.54) is 24.3 Å². The smallest absolute Gasteiger partial charge is 0.338 e. The van der Waals surface area contributed by atoms with Gasteiger partial charge in [0.25, 0.3) is 17.7 Å². The monoisotopic (exact) mass is 392 g/mol. The molecule has 0 spiro atoms. The Kier molecular flexibility index (Phi) is 5.87. The van der Waals surface area contributed by atoms with Crippen LogP contribution in [0.4, 0.5) is 11.4 Å². The molecule has 2 aromatic rings. The minimum atomic E-state index is -0.730. The van der Waals surface area contributed by atoms with E-state index >= 15 is 0 Å². The number of para-hydroxylation sites is 1. The number of hydrogen-bond acceptors (Lipinski definition) is 5. The largest absolute Gasteiger partial charge is 0.452 e. The Bertz CT molecular complexity index is 992. The van der Waals surface area contributed by atoms with Gasteiger partial charge in [0, 0.05) is 17.8 Å². The molecule has 1 aliphatic heterocycles. The molecule has 0 saturated carbocycles. The van der Waals surface area contributed by atoms with E-state index in [0.717, 1.165) is 22.6 Å². The van der Waals surface area contributed by atoms with Crippen molar-refractivity contribution >= 4 is 35.1 Å². The van der Waals surface area contributed by atoms with Gasteiger partial charge < -0.3 is 10.1 Å². The van der Waals surface area contributed by atoms with Crippen LogP contribution in [-0.4, -0.2) is 30.3 Å². The van der Waals surface area contributed by atoms with E-state index < -0.39 is 30.3 Å². The van der Waals surface area contributed by atoms with Gasteiger partial charge in [-0.15, -0.1) is 0 Å². The average molecular weight is 392 g/mol. The van der Waals surface area contributed by atoms with Crippen LogP contribution in [0, 0.1) is 0 Å². The van der Waals surface area contributed by atoms with Crippen LogP contribution in [0.5, 0.6) is 0 Å². The number of carbonyl (C=O) groups excluding carboxylic acids is 4. The zero-order valence-corrected chi connectivity index (χ0v) is 16.0. The van der Waals surface area contributed by atoms with Crippen molar-refractivity contribution in [3.63, 3.8) is 0 Å². The van der Waals surface area contributed by atoms with Crippen LogP contribution in [0.1, 0.15) is 35.7 Å². The van der Waals surface area contributed by atoms with Crippen molar-refractivity contribution in [1.29, 1.82) is 0 Å². The number of anilines is 2. The van der Waals surface area contributed by atoms with Crippen LogP contribution in [0.15, 0.2) is 60.7 Å². The number of benzene rings is 2. The number of nitrogens with zero attached hydrogens (tertiary/aromatic N) is 1. The first-order valence-electron chi connectivity index (χ1n) is 9.09. The highest BCUT2D eigenvalue weighted by atomic mass is 16.5. The van der Waals surface area contributed by atoms with Crippen LogP contribution in [-0.2, 0) is 19.1 Å². The molecule has 3 amide bonds. The maximum Gasteiger partial charge on any atom is 0.338 e. The predicted molar refractivity (Wildman–Crippen MR) is 108 cm³/mol. The average Bonchev–Trinajstić information content (AvgIpc) is 3.04. The Balaban J connectivity index is 1.63. The molecule has 0 unspecified atom stereocenters. The maximum absolute atomic E-state index is 12.3. The van der Waals surface area contributed by atoms with Gasteiger partial charge in [-0.1, -0.05) is 38.1 Å². The number of carbonyl (C=O) groups is 4. The van der Waals surface area contributed by atoms with Crippen LogP contribution in [0.25, 0.3) is 0 Å². The minimum absolute atomic E-state index is 0.130. The SMILES string of the molecule is CC(C)c1ccccc1NC(=O)COC(=O)c1cccc(N2C(=O)C=CC2=O)c1. The summed E-state index contributed by atoms with van der Waals surface area (Å²) in [4.78, 5) is 49.0. The molecular formula is C22H20N2O5. The van der Waals surface area contributed by atoms with Crippen molar-refractivity contribution in [2.45, 2.75) is 19.8 Å². The molecule has 148 valence electrons. The quantitative estimate of drug-likeness (QED) is 0.603. The van der Waals surface area contributed by atoms with Gasteiger partial charge in [-0.3, -0.25) is 14.4 Å². The van der Waals surface area contributed by atoms with E-state index in [1.54, 1.807) is 6.07 Å². The standard InChI is InChI=1S/C22H20N2O5/c1-14(2)17-8-3-4-9-18(17)23-19(25)13-29-22(28)15-6-5-7-16(12-15)24-20(26)10-11-21(24)27/h3-12,14H,13H2,1-2H3,(H,23,25). The summed E-state index contributed by atoms with van der Waals surface area (Å²) >= 11 is 0. The van der Waals surface area contributed by atoms with Gasteiger partial charge in [-0.25, -0.2) is 9.69 Å². The lowest BCUT2D eigenvalue weighted by atomic mass is 10.0. The Morgan fingerprint density at radius 3 is 2.38 bits per heavy atom. The molecule has 0 radical (unpaired) electrons. The van der Waals surface area contributed by atoms with Gasteiger partial charge in [0.1, 0.15) is 0 Å². The second-order valence-electron chi connectivity index (χ2n) is 6.76. The fourth-order valence-electron chi connectivity index (χ4n) is 2.94. The third kappa shape index (κ3) is 4.57. The molecule has 0 fully saturated rings. The van der Waals surface area contributed by atoms with Crippen LogP contribution < -0.4 is 10.2 Å². The predicted octanol–water partition coefficient (Wildman–Crippen LogP) is 3.03. The Hall–Kier alpha value is -3.74. The normalized spacial score (nSPS) is 13.1. The molecule has 0 bridgehead atoms. The van der Waals surface area contributed by atoms with Crippen molar-refractivity contribution in [2.75, 3.05) is 16.8 Å². The third-order valence-corrected chi connectivity index (χ3v) is 4.34. The highest BCUT2D eigenvalue weighted by molar-refractivity contribution is 6.28. The number of ether oxygens (including phenoxy) is 1. The minimum Gasteiger partial charge on any atom is -0.452 e. The molecule has 29 heavy (non-hydrogen) atoms. The molecule has 7 heteroatoms. The van der Waals surface area contributed by atoms with Crippen molar-refractivity contribution < 1.29 is 23.9 Å². The molecule has 1 N–H and O–H groups in total. The molecule has 0 saturated heterocycles. The van der Waals surface area contributed by atoms with Crippen LogP contribution >= 0.6 is 0 Å². The molecular weight excluding hydrogens is 372 g/mol. The van der Waals surface area contributed by atoms with Crippen molar-refractivity contribution in [1.82, 2.24) is 0 Å². The third-order valence-electron chi connectivity index (χ3n) is 4.34. The molecule has 0 aliphatic carbocycles. The number of hydrogen-bond donors (Lipinski definition) is 1. The molecule has 0 aromatic heterocycles.